The van der Waals surface area contributed by atoms with E-state index in [2.05, 4.69) is 29.4 Å². The summed E-state index contributed by atoms with van der Waals surface area (Å²) in [4.78, 5) is 27.1. The van der Waals surface area contributed by atoms with Crippen molar-refractivity contribution in [2.45, 2.75) is 25.9 Å². The summed E-state index contributed by atoms with van der Waals surface area (Å²) >= 11 is 0. The summed E-state index contributed by atoms with van der Waals surface area (Å²) < 4.78 is 10.7. The number of rotatable bonds is 6. The molecule has 0 saturated carbocycles. The number of para-hydroxylation sites is 1. The van der Waals surface area contributed by atoms with Crippen molar-refractivity contribution in [3.05, 3.63) is 54.0 Å². The third-order valence-electron chi connectivity index (χ3n) is 4.60. The van der Waals surface area contributed by atoms with Crippen LogP contribution in [0, 0.1) is 0 Å². The lowest BCUT2D eigenvalue weighted by Crippen LogP contribution is -2.55. The maximum atomic E-state index is 12.5. The van der Waals surface area contributed by atoms with Gasteiger partial charge in [-0.3, -0.25) is 14.5 Å². The van der Waals surface area contributed by atoms with Gasteiger partial charge in [0.2, 0.25) is 5.91 Å². The van der Waals surface area contributed by atoms with Gasteiger partial charge < -0.3 is 19.8 Å². The number of nitrogens with zero attached hydrogens (tertiary/aromatic N) is 1. The Bertz CT molecular complexity index is 786. The molecule has 144 valence electrons. The van der Waals surface area contributed by atoms with Crippen LogP contribution in [0.3, 0.4) is 0 Å². The second kappa shape index (κ2) is 8.37. The first kappa shape index (κ1) is 19.1. The van der Waals surface area contributed by atoms with Gasteiger partial charge in [-0.25, -0.2) is 0 Å². The van der Waals surface area contributed by atoms with Crippen LogP contribution in [-0.2, 0) is 16.1 Å². The Morgan fingerprint density at radius 1 is 1.19 bits per heavy atom. The predicted octanol–water partition coefficient (Wildman–Crippen LogP) is 2.26. The molecule has 7 nitrogen and oxygen atoms in total. The van der Waals surface area contributed by atoms with E-state index in [0.29, 0.717) is 36.8 Å². The van der Waals surface area contributed by atoms with Crippen LogP contribution in [0.2, 0.25) is 0 Å². The molecule has 0 aliphatic carbocycles. The summed E-state index contributed by atoms with van der Waals surface area (Å²) in [6, 6.07) is 10.5. The molecular formula is C20H25N3O4. The summed E-state index contributed by atoms with van der Waals surface area (Å²) in [5.74, 6) is 0.240. The van der Waals surface area contributed by atoms with Gasteiger partial charge >= 0.3 is 0 Å². The second-order valence-electron chi connectivity index (χ2n) is 7.14. The van der Waals surface area contributed by atoms with E-state index in [4.69, 9.17) is 9.15 Å². The van der Waals surface area contributed by atoms with Gasteiger partial charge in [0.05, 0.1) is 43.8 Å². The zero-order chi connectivity index (χ0) is 19.3. The predicted molar refractivity (Wildman–Crippen MR) is 101 cm³/mol. The van der Waals surface area contributed by atoms with Gasteiger partial charge in [-0.2, -0.15) is 0 Å². The minimum atomic E-state index is -0.269. The van der Waals surface area contributed by atoms with Gasteiger partial charge in [0.1, 0.15) is 5.76 Å². The van der Waals surface area contributed by atoms with Crippen LogP contribution in [0.15, 0.2) is 47.1 Å². The Balaban J connectivity index is 1.63. The minimum absolute atomic E-state index is 0.156. The van der Waals surface area contributed by atoms with Crippen molar-refractivity contribution in [2.75, 3.05) is 31.6 Å². The lowest BCUT2D eigenvalue weighted by atomic mass is 10.0. The number of amides is 2. The first-order valence-electron chi connectivity index (χ1n) is 8.98. The Kier molecular flexibility index (Phi) is 5.93. The molecule has 1 saturated heterocycles. The first-order valence-corrected chi connectivity index (χ1v) is 8.98. The zero-order valence-corrected chi connectivity index (χ0v) is 15.7. The van der Waals surface area contributed by atoms with Crippen LogP contribution in [0.1, 0.15) is 30.0 Å². The van der Waals surface area contributed by atoms with Crippen molar-refractivity contribution >= 4 is 17.5 Å². The molecule has 1 fully saturated rings. The maximum absolute atomic E-state index is 12.5. The topological polar surface area (TPSA) is 83.8 Å². The summed E-state index contributed by atoms with van der Waals surface area (Å²) in [6.45, 7) is 6.54. The molecule has 1 aliphatic rings. The number of nitrogens with one attached hydrogen (secondary N) is 2. The molecule has 0 unspecified atom stereocenters. The van der Waals surface area contributed by atoms with Gasteiger partial charge in [0.25, 0.3) is 5.91 Å². The Morgan fingerprint density at radius 2 is 2.00 bits per heavy atom. The van der Waals surface area contributed by atoms with E-state index in [1.54, 1.807) is 42.7 Å². The number of hydrogen-bond acceptors (Lipinski definition) is 5. The fourth-order valence-corrected chi connectivity index (χ4v) is 3.01. The molecule has 2 aromatic rings. The quantitative estimate of drug-likeness (QED) is 0.814. The van der Waals surface area contributed by atoms with E-state index in [9.17, 15) is 9.59 Å². The first-order chi connectivity index (χ1) is 13.0. The van der Waals surface area contributed by atoms with Crippen LogP contribution in [0.4, 0.5) is 5.69 Å². The standard InChI is InChI=1S/C20H25N3O4/c1-20(2)14-26-11-9-23(20)13-18(24)22-17-8-4-3-7-16(17)19(25)21-12-15-6-5-10-27-15/h3-8,10H,9,11-14H2,1-2H3,(H,21,25)(H,22,24). The van der Waals surface area contributed by atoms with Crippen molar-refractivity contribution in [1.82, 2.24) is 10.2 Å². The summed E-state index contributed by atoms with van der Waals surface area (Å²) in [5, 5.41) is 5.66. The highest BCUT2D eigenvalue weighted by Gasteiger charge is 2.31. The molecule has 2 N–H and O–H groups in total. The average Bonchev–Trinajstić information content (AvgIpc) is 3.15. The van der Waals surface area contributed by atoms with Crippen molar-refractivity contribution in [3.63, 3.8) is 0 Å². The summed E-state index contributed by atoms with van der Waals surface area (Å²) in [7, 11) is 0. The van der Waals surface area contributed by atoms with E-state index in [0.717, 1.165) is 0 Å². The normalized spacial score (nSPS) is 16.7. The van der Waals surface area contributed by atoms with Crippen molar-refractivity contribution < 1.29 is 18.7 Å². The number of hydrogen-bond donors (Lipinski definition) is 2. The molecule has 1 aromatic carbocycles. The third-order valence-corrected chi connectivity index (χ3v) is 4.60. The van der Waals surface area contributed by atoms with Crippen LogP contribution in [0.5, 0.6) is 0 Å². The zero-order valence-electron chi connectivity index (χ0n) is 15.7. The van der Waals surface area contributed by atoms with Crippen LogP contribution in [0.25, 0.3) is 0 Å². The van der Waals surface area contributed by atoms with E-state index >= 15 is 0 Å². The maximum Gasteiger partial charge on any atom is 0.253 e. The minimum Gasteiger partial charge on any atom is -0.467 e. The highest BCUT2D eigenvalue weighted by Crippen LogP contribution is 2.20. The van der Waals surface area contributed by atoms with Crippen molar-refractivity contribution in [3.8, 4) is 0 Å². The van der Waals surface area contributed by atoms with Gasteiger partial charge in [-0.1, -0.05) is 12.1 Å². The number of anilines is 1. The Hall–Kier alpha value is -2.64. The van der Waals surface area contributed by atoms with Crippen LogP contribution < -0.4 is 10.6 Å². The molecule has 27 heavy (non-hydrogen) atoms. The molecule has 7 heteroatoms. The third kappa shape index (κ3) is 4.96. The van der Waals surface area contributed by atoms with Crippen molar-refractivity contribution in [2.24, 2.45) is 0 Å². The highest BCUT2D eigenvalue weighted by atomic mass is 16.5. The summed E-state index contributed by atoms with van der Waals surface area (Å²) in [6.07, 6.45) is 1.56. The number of furan rings is 1. The molecule has 2 amide bonds. The fraction of sp³-hybridized carbons (Fsp3) is 0.400. The van der Waals surface area contributed by atoms with E-state index < -0.39 is 0 Å². The van der Waals surface area contributed by atoms with Crippen LogP contribution >= 0.6 is 0 Å². The Morgan fingerprint density at radius 3 is 2.74 bits per heavy atom. The number of ether oxygens (including phenoxy) is 1. The second-order valence-corrected chi connectivity index (χ2v) is 7.14. The molecule has 1 aromatic heterocycles. The van der Waals surface area contributed by atoms with Crippen molar-refractivity contribution in [1.29, 1.82) is 0 Å². The van der Waals surface area contributed by atoms with Gasteiger partial charge in [0.15, 0.2) is 0 Å². The average molecular weight is 371 g/mol. The summed E-state index contributed by atoms with van der Waals surface area (Å²) in [5.41, 5.74) is 0.708. The molecule has 1 aliphatic heterocycles. The molecule has 3 rings (SSSR count). The van der Waals surface area contributed by atoms with E-state index in [1.807, 2.05) is 0 Å². The van der Waals surface area contributed by atoms with Gasteiger partial charge in [0, 0.05) is 12.1 Å². The molecule has 0 spiro atoms. The van der Waals surface area contributed by atoms with E-state index in [-0.39, 0.29) is 30.4 Å². The number of carbonyl (C=O) groups is 2. The smallest absolute Gasteiger partial charge is 0.253 e. The number of benzene rings is 1. The molecule has 2 heterocycles. The van der Waals surface area contributed by atoms with Crippen LogP contribution in [-0.4, -0.2) is 48.6 Å². The Labute approximate surface area is 158 Å². The molecule has 0 bridgehead atoms. The largest absolute Gasteiger partial charge is 0.467 e. The fourth-order valence-electron chi connectivity index (χ4n) is 3.01. The van der Waals surface area contributed by atoms with Gasteiger partial charge in [-0.15, -0.1) is 0 Å². The lowest BCUT2D eigenvalue weighted by Gasteiger charge is -2.41. The molecule has 0 radical (unpaired) electrons. The lowest BCUT2D eigenvalue weighted by molar-refractivity contribution is -0.122. The number of morpholine rings is 1. The van der Waals surface area contributed by atoms with Gasteiger partial charge in [-0.05, 0) is 38.1 Å². The molecule has 0 atom stereocenters. The van der Waals surface area contributed by atoms with E-state index in [1.165, 1.54) is 0 Å². The monoisotopic (exact) mass is 371 g/mol. The number of carbonyl (C=O) groups excluding carboxylic acids is 2. The SMILES string of the molecule is CC1(C)COCCN1CC(=O)Nc1ccccc1C(=O)NCc1ccco1. The molecular weight excluding hydrogens is 346 g/mol. The highest BCUT2D eigenvalue weighted by molar-refractivity contribution is 6.04.